The number of benzene rings is 1. The number of carbonyl (C=O) groups excluding carboxylic acids is 1. The van der Waals surface area contributed by atoms with Crippen molar-refractivity contribution in [3.63, 3.8) is 0 Å². The van der Waals surface area contributed by atoms with Crippen LogP contribution in [-0.4, -0.2) is 11.7 Å². The van der Waals surface area contributed by atoms with Crippen molar-refractivity contribution in [3.8, 4) is 0 Å². The number of amides is 1. The van der Waals surface area contributed by atoms with Crippen molar-refractivity contribution >= 4 is 11.8 Å². The molecule has 0 radical (unpaired) electrons. The Balaban J connectivity index is 3.00. The Morgan fingerprint density at radius 1 is 1.20 bits per heavy atom. The van der Waals surface area contributed by atoms with Crippen LogP contribution in [-0.2, 0) is 10.9 Å². The molecule has 0 fully saturated rings. The van der Waals surface area contributed by atoms with Gasteiger partial charge < -0.3 is 4.74 Å². The van der Waals surface area contributed by atoms with Gasteiger partial charge in [0.15, 0.2) is 0 Å². The van der Waals surface area contributed by atoms with E-state index < -0.39 is 29.3 Å². The Morgan fingerprint density at radius 3 is 2.20 bits per heavy atom. The van der Waals surface area contributed by atoms with Gasteiger partial charge in [0.2, 0.25) is 0 Å². The first-order chi connectivity index (χ1) is 8.92. The highest BCUT2D eigenvalue weighted by molar-refractivity contribution is 5.86. The SMILES string of the molecule is Cc1c(NC(=O)OC(C)(C)C)ccc(C(F)(F)F)c1F. The fraction of sp³-hybridized carbons (Fsp3) is 0.462. The van der Waals surface area contributed by atoms with Gasteiger partial charge in [-0.15, -0.1) is 0 Å². The summed E-state index contributed by atoms with van der Waals surface area (Å²) in [5, 5.41) is 2.22. The standard InChI is InChI=1S/C13H15F4NO2/c1-7-9(18-11(19)20-12(2,3)4)6-5-8(10(7)14)13(15,16)17/h5-6H,1-4H3,(H,18,19). The van der Waals surface area contributed by atoms with Crippen LogP contribution in [0, 0.1) is 12.7 Å². The van der Waals surface area contributed by atoms with Crippen LogP contribution in [0.15, 0.2) is 12.1 Å². The molecule has 0 spiro atoms. The summed E-state index contributed by atoms with van der Waals surface area (Å²) in [6, 6.07) is 1.57. The number of halogens is 4. The quantitative estimate of drug-likeness (QED) is 0.774. The summed E-state index contributed by atoms with van der Waals surface area (Å²) in [7, 11) is 0. The Labute approximate surface area is 113 Å². The van der Waals surface area contributed by atoms with E-state index in [0.717, 1.165) is 13.0 Å². The van der Waals surface area contributed by atoms with Gasteiger partial charge in [-0.05, 0) is 39.8 Å². The third-order valence-corrected chi connectivity index (χ3v) is 2.33. The zero-order chi connectivity index (χ0) is 15.7. The second-order valence-electron chi connectivity index (χ2n) is 5.22. The van der Waals surface area contributed by atoms with Crippen molar-refractivity contribution in [2.24, 2.45) is 0 Å². The van der Waals surface area contributed by atoms with Gasteiger partial charge in [-0.2, -0.15) is 13.2 Å². The van der Waals surface area contributed by atoms with Crippen LogP contribution < -0.4 is 5.32 Å². The Morgan fingerprint density at radius 2 is 1.75 bits per heavy atom. The maximum absolute atomic E-state index is 13.6. The monoisotopic (exact) mass is 293 g/mol. The second kappa shape index (κ2) is 5.30. The highest BCUT2D eigenvalue weighted by Crippen LogP contribution is 2.34. The van der Waals surface area contributed by atoms with Gasteiger partial charge in [-0.25, -0.2) is 9.18 Å². The minimum atomic E-state index is -4.78. The van der Waals surface area contributed by atoms with E-state index in [1.165, 1.54) is 0 Å². The lowest BCUT2D eigenvalue weighted by molar-refractivity contribution is -0.140. The zero-order valence-electron chi connectivity index (χ0n) is 11.5. The smallest absolute Gasteiger partial charge is 0.419 e. The number of nitrogens with one attached hydrogen (secondary N) is 1. The van der Waals surface area contributed by atoms with Gasteiger partial charge in [-0.3, -0.25) is 5.32 Å². The molecule has 0 aliphatic rings. The molecule has 0 atom stereocenters. The van der Waals surface area contributed by atoms with Crippen LogP contribution in [0.4, 0.5) is 28.0 Å². The average molecular weight is 293 g/mol. The molecule has 0 aromatic heterocycles. The normalized spacial score (nSPS) is 12.2. The molecule has 3 nitrogen and oxygen atoms in total. The van der Waals surface area contributed by atoms with Crippen LogP contribution in [0.5, 0.6) is 0 Å². The molecule has 112 valence electrons. The Kier molecular flexibility index (Phi) is 4.31. The Hall–Kier alpha value is -1.79. The molecule has 0 unspecified atom stereocenters. The molecule has 0 bridgehead atoms. The van der Waals surface area contributed by atoms with E-state index in [4.69, 9.17) is 4.74 Å². The lowest BCUT2D eigenvalue weighted by Crippen LogP contribution is -2.27. The van der Waals surface area contributed by atoms with Crippen LogP contribution in [0.25, 0.3) is 0 Å². The first-order valence-electron chi connectivity index (χ1n) is 5.78. The van der Waals surface area contributed by atoms with Crippen molar-refractivity contribution in [2.75, 3.05) is 5.32 Å². The largest absolute Gasteiger partial charge is 0.444 e. The molecular formula is C13H15F4NO2. The molecule has 0 saturated heterocycles. The predicted molar refractivity (Wildman–Crippen MR) is 66.0 cm³/mol. The summed E-state index contributed by atoms with van der Waals surface area (Å²) in [6.07, 6.45) is -5.64. The predicted octanol–water partition coefficient (Wildman–Crippen LogP) is 4.50. The highest BCUT2D eigenvalue weighted by atomic mass is 19.4. The van der Waals surface area contributed by atoms with E-state index in [-0.39, 0.29) is 11.3 Å². The maximum Gasteiger partial charge on any atom is 0.419 e. The van der Waals surface area contributed by atoms with Gasteiger partial charge >= 0.3 is 12.3 Å². The number of anilines is 1. The van der Waals surface area contributed by atoms with E-state index in [0.29, 0.717) is 6.07 Å². The summed E-state index contributed by atoms with van der Waals surface area (Å²) in [5.74, 6) is -1.41. The number of hydrogen-bond donors (Lipinski definition) is 1. The summed E-state index contributed by atoms with van der Waals surface area (Å²) in [6.45, 7) is 6.05. The molecule has 1 aromatic carbocycles. The Bertz CT molecular complexity index is 518. The van der Waals surface area contributed by atoms with Crippen molar-refractivity contribution < 1.29 is 27.1 Å². The minimum absolute atomic E-state index is 0.0650. The third kappa shape index (κ3) is 4.11. The minimum Gasteiger partial charge on any atom is -0.444 e. The van der Waals surface area contributed by atoms with Crippen molar-refractivity contribution in [2.45, 2.75) is 39.5 Å². The van der Waals surface area contributed by atoms with Gasteiger partial charge in [0, 0.05) is 11.3 Å². The maximum atomic E-state index is 13.6. The molecule has 0 aliphatic carbocycles. The van der Waals surface area contributed by atoms with Crippen LogP contribution in [0.3, 0.4) is 0 Å². The second-order valence-corrected chi connectivity index (χ2v) is 5.22. The van der Waals surface area contributed by atoms with Gasteiger partial charge in [0.25, 0.3) is 0 Å². The summed E-state index contributed by atoms with van der Waals surface area (Å²) >= 11 is 0. The van der Waals surface area contributed by atoms with E-state index in [9.17, 15) is 22.4 Å². The number of hydrogen-bond acceptors (Lipinski definition) is 2. The van der Waals surface area contributed by atoms with Crippen LogP contribution >= 0.6 is 0 Å². The molecule has 7 heteroatoms. The fourth-order valence-corrected chi connectivity index (χ4v) is 1.45. The first-order valence-corrected chi connectivity index (χ1v) is 5.78. The molecule has 20 heavy (non-hydrogen) atoms. The van der Waals surface area contributed by atoms with E-state index >= 15 is 0 Å². The van der Waals surface area contributed by atoms with Gasteiger partial charge in [0.05, 0.1) is 5.56 Å². The molecule has 1 N–H and O–H groups in total. The molecule has 0 heterocycles. The summed E-state index contributed by atoms with van der Waals surface area (Å²) < 4.78 is 56.1. The number of rotatable bonds is 1. The van der Waals surface area contributed by atoms with Gasteiger partial charge in [-0.1, -0.05) is 0 Å². The van der Waals surface area contributed by atoms with Crippen LogP contribution in [0.1, 0.15) is 31.9 Å². The molecule has 1 aromatic rings. The average Bonchev–Trinajstić information content (AvgIpc) is 2.20. The molecule has 0 saturated carbocycles. The number of ether oxygens (including phenoxy) is 1. The van der Waals surface area contributed by atoms with E-state index in [2.05, 4.69) is 5.32 Å². The first kappa shape index (κ1) is 16.3. The number of alkyl halides is 3. The van der Waals surface area contributed by atoms with Crippen molar-refractivity contribution in [3.05, 3.63) is 29.1 Å². The molecule has 1 amide bonds. The summed E-state index contributed by atoms with van der Waals surface area (Å²) in [5.41, 5.74) is -2.50. The van der Waals surface area contributed by atoms with E-state index in [1.54, 1.807) is 20.8 Å². The highest BCUT2D eigenvalue weighted by Gasteiger charge is 2.35. The van der Waals surface area contributed by atoms with Crippen molar-refractivity contribution in [1.29, 1.82) is 0 Å². The van der Waals surface area contributed by atoms with Crippen molar-refractivity contribution in [1.82, 2.24) is 0 Å². The lowest BCUT2D eigenvalue weighted by atomic mass is 10.1. The van der Waals surface area contributed by atoms with Gasteiger partial charge in [0.1, 0.15) is 11.4 Å². The fourth-order valence-electron chi connectivity index (χ4n) is 1.45. The third-order valence-electron chi connectivity index (χ3n) is 2.33. The van der Waals surface area contributed by atoms with E-state index in [1.807, 2.05) is 0 Å². The topological polar surface area (TPSA) is 38.3 Å². The number of carbonyl (C=O) groups is 1. The lowest BCUT2D eigenvalue weighted by Gasteiger charge is -2.20. The zero-order valence-corrected chi connectivity index (χ0v) is 11.5. The molecule has 0 aliphatic heterocycles. The molecular weight excluding hydrogens is 278 g/mol. The molecule has 1 rings (SSSR count). The summed E-state index contributed by atoms with van der Waals surface area (Å²) in [4.78, 5) is 11.5. The van der Waals surface area contributed by atoms with Crippen LogP contribution in [0.2, 0.25) is 0 Å².